The number of fused-ring (bicyclic) bond motifs is 1. The first kappa shape index (κ1) is 18.2. The second-order valence-electron chi connectivity index (χ2n) is 6.10. The van der Waals surface area contributed by atoms with Gasteiger partial charge in [-0.05, 0) is 31.1 Å². The molecular weight excluding hydrogens is 338 g/mol. The number of carbonyl (C=O) groups is 1. The molecule has 2 aromatic rings. The molecule has 1 aromatic carbocycles. The molecule has 0 saturated carbocycles. The number of allylic oxidation sites excluding steroid dienone is 1. The summed E-state index contributed by atoms with van der Waals surface area (Å²) in [7, 11) is 0. The maximum atomic E-state index is 12.8. The fourth-order valence-corrected chi connectivity index (χ4v) is 2.92. The molecule has 2 atom stereocenters. The topological polar surface area (TPSA) is 112 Å². The number of hydrogen-bond acceptors (Lipinski definition) is 6. The van der Waals surface area contributed by atoms with Gasteiger partial charge in [-0.3, -0.25) is 9.59 Å². The standard InChI is InChI=1S/C19H21NO6/c20-19(23)16-9-12(10-17(26-16)24-8-4-3-7-21)14-11-25-15-6-2-1-5-13(15)18(14)22/h1-2,5-6,9,11-12,17,21H,3-4,7-8,10H2,(H2,20,23)/t12-,17+/m0/s1. The van der Waals surface area contributed by atoms with Crippen LogP contribution in [0.15, 0.2) is 51.6 Å². The Labute approximate surface area is 150 Å². The van der Waals surface area contributed by atoms with Crippen molar-refractivity contribution in [3.8, 4) is 0 Å². The van der Waals surface area contributed by atoms with E-state index in [1.165, 1.54) is 12.3 Å². The van der Waals surface area contributed by atoms with Gasteiger partial charge < -0.3 is 24.7 Å². The molecule has 0 unspecified atom stereocenters. The number of carbonyl (C=O) groups excluding carboxylic acids is 1. The van der Waals surface area contributed by atoms with E-state index in [9.17, 15) is 9.59 Å². The predicted octanol–water partition coefficient (Wildman–Crippen LogP) is 1.78. The van der Waals surface area contributed by atoms with Gasteiger partial charge in [0.1, 0.15) is 5.58 Å². The second-order valence-corrected chi connectivity index (χ2v) is 6.10. The number of benzene rings is 1. The molecule has 138 valence electrons. The number of rotatable bonds is 7. The number of primary amides is 1. The lowest BCUT2D eigenvalue weighted by Gasteiger charge is -2.28. The van der Waals surface area contributed by atoms with Gasteiger partial charge in [0, 0.05) is 24.5 Å². The lowest BCUT2D eigenvalue weighted by molar-refractivity contribution is -0.144. The summed E-state index contributed by atoms with van der Waals surface area (Å²) in [4.78, 5) is 24.4. The van der Waals surface area contributed by atoms with E-state index in [0.717, 1.165) is 0 Å². The van der Waals surface area contributed by atoms with E-state index in [1.807, 2.05) is 0 Å². The van der Waals surface area contributed by atoms with Crippen LogP contribution in [-0.2, 0) is 14.3 Å². The number of aliphatic hydroxyl groups is 1. The summed E-state index contributed by atoms with van der Waals surface area (Å²) in [5, 5.41) is 9.30. The largest absolute Gasteiger partial charge is 0.464 e. The van der Waals surface area contributed by atoms with Gasteiger partial charge in [-0.15, -0.1) is 0 Å². The Morgan fingerprint density at radius 3 is 2.88 bits per heavy atom. The Kier molecular flexibility index (Phi) is 5.70. The van der Waals surface area contributed by atoms with Crippen molar-refractivity contribution < 1.29 is 23.8 Å². The van der Waals surface area contributed by atoms with Gasteiger partial charge in [0.15, 0.2) is 11.2 Å². The number of para-hydroxylation sites is 1. The van der Waals surface area contributed by atoms with Crippen molar-refractivity contribution in [2.45, 2.75) is 31.5 Å². The van der Waals surface area contributed by atoms with Crippen LogP contribution in [0.5, 0.6) is 0 Å². The average Bonchev–Trinajstić information content (AvgIpc) is 2.65. The molecule has 1 aliphatic heterocycles. The van der Waals surface area contributed by atoms with E-state index in [4.69, 9.17) is 24.7 Å². The zero-order valence-electron chi connectivity index (χ0n) is 14.2. The Morgan fingerprint density at radius 2 is 2.12 bits per heavy atom. The van der Waals surface area contributed by atoms with Crippen LogP contribution in [0.3, 0.4) is 0 Å². The summed E-state index contributed by atoms with van der Waals surface area (Å²) in [6.07, 6.45) is 3.89. The summed E-state index contributed by atoms with van der Waals surface area (Å²) < 4.78 is 16.7. The lowest BCUT2D eigenvalue weighted by atomic mass is 9.93. The summed E-state index contributed by atoms with van der Waals surface area (Å²) in [6.45, 7) is 0.457. The summed E-state index contributed by atoms with van der Waals surface area (Å²) in [5.74, 6) is -1.15. The third kappa shape index (κ3) is 3.95. The molecule has 0 radical (unpaired) electrons. The van der Waals surface area contributed by atoms with Gasteiger partial charge in [-0.25, -0.2) is 0 Å². The molecule has 1 amide bonds. The number of unbranched alkanes of at least 4 members (excludes halogenated alkanes) is 1. The van der Waals surface area contributed by atoms with Crippen LogP contribution in [0.4, 0.5) is 0 Å². The van der Waals surface area contributed by atoms with Crippen LogP contribution in [0.1, 0.15) is 30.7 Å². The molecule has 3 rings (SSSR count). The molecule has 7 nitrogen and oxygen atoms in total. The highest BCUT2D eigenvalue weighted by Gasteiger charge is 2.29. The van der Waals surface area contributed by atoms with Crippen LogP contribution in [0.2, 0.25) is 0 Å². The number of amides is 1. The monoisotopic (exact) mass is 359 g/mol. The highest BCUT2D eigenvalue weighted by molar-refractivity contribution is 5.90. The number of hydrogen-bond donors (Lipinski definition) is 2. The van der Waals surface area contributed by atoms with E-state index in [-0.39, 0.29) is 17.8 Å². The normalized spacial score (nSPS) is 19.8. The molecule has 0 spiro atoms. The minimum atomic E-state index is -0.719. The molecule has 7 heteroatoms. The predicted molar refractivity (Wildman–Crippen MR) is 94.3 cm³/mol. The highest BCUT2D eigenvalue weighted by Crippen LogP contribution is 2.30. The van der Waals surface area contributed by atoms with Crippen molar-refractivity contribution in [2.75, 3.05) is 13.2 Å². The van der Waals surface area contributed by atoms with E-state index in [2.05, 4.69) is 0 Å². The van der Waals surface area contributed by atoms with E-state index < -0.39 is 18.1 Å². The smallest absolute Gasteiger partial charge is 0.283 e. The Balaban J connectivity index is 1.87. The molecule has 0 bridgehead atoms. The average molecular weight is 359 g/mol. The molecule has 0 saturated heterocycles. The maximum Gasteiger partial charge on any atom is 0.283 e. The molecule has 1 aliphatic rings. The molecule has 0 fully saturated rings. The highest BCUT2D eigenvalue weighted by atomic mass is 16.7. The maximum absolute atomic E-state index is 12.8. The van der Waals surface area contributed by atoms with Gasteiger partial charge in [-0.2, -0.15) is 0 Å². The fraction of sp³-hybridized carbons (Fsp3) is 0.368. The van der Waals surface area contributed by atoms with Crippen molar-refractivity contribution in [1.82, 2.24) is 0 Å². The fourth-order valence-electron chi connectivity index (χ4n) is 2.92. The summed E-state index contributed by atoms with van der Waals surface area (Å²) in [5.41, 5.74) is 6.13. The second kappa shape index (κ2) is 8.16. The van der Waals surface area contributed by atoms with Crippen LogP contribution in [0, 0.1) is 0 Å². The molecule has 1 aromatic heterocycles. The van der Waals surface area contributed by atoms with Crippen molar-refractivity contribution in [3.63, 3.8) is 0 Å². The van der Waals surface area contributed by atoms with Crippen molar-refractivity contribution in [2.24, 2.45) is 5.73 Å². The van der Waals surface area contributed by atoms with E-state index >= 15 is 0 Å². The van der Waals surface area contributed by atoms with Crippen LogP contribution in [0.25, 0.3) is 11.0 Å². The van der Waals surface area contributed by atoms with Crippen LogP contribution >= 0.6 is 0 Å². The molecule has 0 aliphatic carbocycles. The first-order valence-electron chi connectivity index (χ1n) is 8.51. The van der Waals surface area contributed by atoms with E-state index in [1.54, 1.807) is 24.3 Å². The first-order valence-corrected chi connectivity index (χ1v) is 8.51. The number of aliphatic hydroxyl groups excluding tert-OH is 1. The Morgan fingerprint density at radius 1 is 1.31 bits per heavy atom. The zero-order chi connectivity index (χ0) is 18.5. The van der Waals surface area contributed by atoms with Gasteiger partial charge >= 0.3 is 0 Å². The van der Waals surface area contributed by atoms with Crippen molar-refractivity contribution in [3.05, 3.63) is 58.2 Å². The first-order chi connectivity index (χ1) is 12.6. The number of ether oxygens (including phenoxy) is 2. The lowest BCUT2D eigenvalue weighted by Crippen LogP contribution is -2.31. The summed E-state index contributed by atoms with van der Waals surface area (Å²) in [6, 6.07) is 6.99. The summed E-state index contributed by atoms with van der Waals surface area (Å²) >= 11 is 0. The van der Waals surface area contributed by atoms with Gasteiger partial charge in [-0.1, -0.05) is 12.1 Å². The third-order valence-corrected chi connectivity index (χ3v) is 4.26. The zero-order valence-corrected chi connectivity index (χ0v) is 14.2. The van der Waals surface area contributed by atoms with Crippen LogP contribution < -0.4 is 11.2 Å². The minimum absolute atomic E-state index is 0.0269. The number of nitrogens with two attached hydrogens (primary N) is 1. The van der Waals surface area contributed by atoms with E-state index in [0.29, 0.717) is 42.4 Å². The van der Waals surface area contributed by atoms with Gasteiger partial charge in [0.05, 0.1) is 18.3 Å². The molecule has 26 heavy (non-hydrogen) atoms. The molecule has 3 N–H and O–H groups in total. The quantitative estimate of drug-likeness (QED) is 0.729. The Bertz CT molecular complexity index is 872. The molecule has 2 heterocycles. The SMILES string of the molecule is NC(=O)C1=C[C@H](c2coc3ccccc3c2=O)C[C@H](OCCCCO)O1. The Hall–Kier alpha value is -2.64. The van der Waals surface area contributed by atoms with Crippen LogP contribution in [-0.4, -0.2) is 30.5 Å². The van der Waals surface area contributed by atoms with Gasteiger partial charge in [0.2, 0.25) is 6.29 Å². The van der Waals surface area contributed by atoms with Crippen molar-refractivity contribution in [1.29, 1.82) is 0 Å². The van der Waals surface area contributed by atoms with Gasteiger partial charge in [0.25, 0.3) is 5.91 Å². The minimum Gasteiger partial charge on any atom is -0.464 e. The van der Waals surface area contributed by atoms with Crippen molar-refractivity contribution >= 4 is 16.9 Å². The molecular formula is C19H21NO6. The third-order valence-electron chi connectivity index (χ3n) is 4.26.